The molecule has 2 heteroatoms. The molecule has 0 saturated heterocycles. The number of thiol groups is 1. The van der Waals surface area contributed by atoms with Gasteiger partial charge in [0.1, 0.15) is 0 Å². The lowest BCUT2D eigenvalue weighted by Crippen LogP contribution is -2.30. The Bertz CT molecular complexity index is 449. The van der Waals surface area contributed by atoms with Gasteiger partial charge in [-0.2, -0.15) is 12.6 Å². The number of benzene rings is 1. The highest BCUT2D eigenvalue weighted by Gasteiger charge is 2.32. The molecule has 116 valence electrons. The van der Waals surface area contributed by atoms with Crippen molar-refractivity contribution >= 4 is 12.6 Å². The Morgan fingerprint density at radius 1 is 1.05 bits per heavy atom. The molecule has 1 fully saturated rings. The Balaban J connectivity index is 1.67. The van der Waals surface area contributed by atoms with E-state index in [0.29, 0.717) is 11.5 Å². The fourth-order valence-corrected chi connectivity index (χ4v) is 4.39. The van der Waals surface area contributed by atoms with Crippen LogP contribution in [0.15, 0.2) is 24.3 Å². The van der Waals surface area contributed by atoms with Crippen molar-refractivity contribution in [2.75, 3.05) is 12.4 Å². The van der Waals surface area contributed by atoms with Crippen molar-refractivity contribution in [3.8, 4) is 0 Å². The Hall–Kier alpha value is -0.470. The largest absolute Gasteiger partial charge is 0.373 e. The molecule has 0 radical (unpaired) electrons. The van der Waals surface area contributed by atoms with Crippen LogP contribution in [-0.2, 0) is 11.2 Å². The van der Waals surface area contributed by atoms with Gasteiger partial charge in [0.2, 0.25) is 0 Å². The summed E-state index contributed by atoms with van der Waals surface area (Å²) in [5.41, 5.74) is 3.26. The van der Waals surface area contributed by atoms with Gasteiger partial charge in [-0.25, -0.2) is 0 Å². The third-order valence-corrected chi connectivity index (χ3v) is 6.08. The van der Waals surface area contributed by atoms with E-state index in [1.165, 1.54) is 68.9 Å². The van der Waals surface area contributed by atoms with Gasteiger partial charge in [0.15, 0.2) is 0 Å². The predicted molar refractivity (Wildman–Crippen MR) is 92.1 cm³/mol. The van der Waals surface area contributed by atoms with Crippen molar-refractivity contribution in [3.63, 3.8) is 0 Å². The molecule has 0 N–H and O–H groups in total. The van der Waals surface area contributed by atoms with Gasteiger partial charge in [-0.05, 0) is 49.0 Å². The first kappa shape index (κ1) is 15.4. The van der Waals surface area contributed by atoms with Crippen LogP contribution in [0.4, 0.5) is 0 Å². The maximum absolute atomic E-state index is 6.45. The lowest BCUT2D eigenvalue weighted by atomic mass is 9.82. The first-order chi connectivity index (χ1) is 10.3. The fraction of sp³-hybridized carbons (Fsp3) is 0.684. The van der Waals surface area contributed by atoms with Crippen LogP contribution in [0.25, 0.3) is 0 Å². The van der Waals surface area contributed by atoms with Crippen molar-refractivity contribution in [3.05, 3.63) is 35.4 Å². The minimum Gasteiger partial charge on any atom is -0.373 e. The summed E-state index contributed by atoms with van der Waals surface area (Å²) in [6.45, 7) is 0.898. The summed E-state index contributed by atoms with van der Waals surface area (Å²) in [6, 6.07) is 8.84. The molecule has 2 aliphatic rings. The summed E-state index contributed by atoms with van der Waals surface area (Å²) in [4.78, 5) is 0. The number of fused-ring (bicyclic) bond motifs is 1. The normalized spacial score (nSPS) is 25.1. The summed E-state index contributed by atoms with van der Waals surface area (Å²) in [5, 5.41) is 0. The maximum Gasteiger partial charge on any atom is 0.0828 e. The van der Waals surface area contributed by atoms with Crippen molar-refractivity contribution in [2.45, 2.75) is 63.9 Å². The summed E-state index contributed by atoms with van der Waals surface area (Å²) in [6.07, 6.45) is 12.0. The molecule has 21 heavy (non-hydrogen) atoms. The summed E-state index contributed by atoms with van der Waals surface area (Å²) in [5.74, 6) is 0.974. The number of ether oxygens (including phenoxy) is 1. The van der Waals surface area contributed by atoms with Crippen LogP contribution in [0.5, 0.6) is 0 Å². The third kappa shape index (κ3) is 3.65. The fourth-order valence-electron chi connectivity index (χ4n) is 3.99. The van der Waals surface area contributed by atoms with Crippen LogP contribution in [0.1, 0.15) is 68.6 Å². The second-order valence-corrected chi connectivity index (χ2v) is 7.28. The molecule has 1 unspecified atom stereocenters. The molecule has 0 bridgehead atoms. The molecule has 0 aliphatic heterocycles. The van der Waals surface area contributed by atoms with Crippen LogP contribution >= 0.6 is 12.6 Å². The standard InChI is InChI=1S/C19H28OS/c21-15-19(12-5-1-2-6-13-19)14-20-18-11-7-9-16-8-3-4-10-17(16)18/h3-4,8,10,18,21H,1-2,5-7,9,11-15H2. The minimum absolute atomic E-state index is 0.315. The lowest BCUT2D eigenvalue weighted by molar-refractivity contribution is -0.0162. The monoisotopic (exact) mass is 304 g/mol. The van der Waals surface area contributed by atoms with E-state index >= 15 is 0 Å². The van der Waals surface area contributed by atoms with Gasteiger partial charge in [0, 0.05) is 5.41 Å². The zero-order chi connectivity index (χ0) is 14.5. The molecule has 0 heterocycles. The first-order valence-electron chi connectivity index (χ1n) is 8.63. The molecular formula is C19H28OS. The van der Waals surface area contributed by atoms with Crippen molar-refractivity contribution in [1.29, 1.82) is 0 Å². The van der Waals surface area contributed by atoms with Crippen LogP contribution in [0.2, 0.25) is 0 Å². The number of rotatable bonds is 4. The zero-order valence-corrected chi connectivity index (χ0v) is 13.9. The van der Waals surface area contributed by atoms with E-state index in [9.17, 15) is 0 Å². The predicted octanol–water partition coefficient (Wildman–Crippen LogP) is 5.35. The van der Waals surface area contributed by atoms with Crippen LogP contribution in [-0.4, -0.2) is 12.4 Å². The molecule has 1 nitrogen and oxygen atoms in total. The second kappa shape index (κ2) is 7.19. The third-order valence-electron chi connectivity index (χ3n) is 5.40. The van der Waals surface area contributed by atoms with E-state index in [1.54, 1.807) is 0 Å². The van der Waals surface area contributed by atoms with E-state index in [1.807, 2.05) is 0 Å². The molecular weight excluding hydrogens is 276 g/mol. The first-order valence-corrected chi connectivity index (χ1v) is 9.27. The van der Waals surface area contributed by atoms with Gasteiger partial charge in [-0.3, -0.25) is 0 Å². The van der Waals surface area contributed by atoms with Crippen LogP contribution in [0.3, 0.4) is 0 Å². The Morgan fingerprint density at radius 3 is 2.57 bits per heavy atom. The molecule has 1 saturated carbocycles. The van der Waals surface area contributed by atoms with Crippen molar-refractivity contribution < 1.29 is 4.74 Å². The summed E-state index contributed by atoms with van der Waals surface area (Å²) in [7, 11) is 0. The molecule has 3 rings (SSSR count). The van der Waals surface area contributed by atoms with E-state index in [4.69, 9.17) is 4.74 Å². The van der Waals surface area contributed by atoms with Gasteiger partial charge in [-0.1, -0.05) is 49.9 Å². The molecule has 1 aromatic rings. The van der Waals surface area contributed by atoms with E-state index in [2.05, 4.69) is 36.9 Å². The van der Waals surface area contributed by atoms with Crippen molar-refractivity contribution in [2.24, 2.45) is 5.41 Å². The summed E-state index contributed by atoms with van der Waals surface area (Å²) >= 11 is 4.67. The van der Waals surface area contributed by atoms with Crippen LogP contribution < -0.4 is 0 Å². The SMILES string of the molecule is SCC1(COC2CCCc3ccccc32)CCCCCC1. The highest BCUT2D eigenvalue weighted by atomic mass is 32.1. The van der Waals surface area contributed by atoms with Crippen LogP contribution in [0, 0.1) is 5.41 Å². The molecule has 0 amide bonds. The average Bonchev–Trinajstić information content (AvgIpc) is 2.79. The van der Waals surface area contributed by atoms with Crippen molar-refractivity contribution in [1.82, 2.24) is 0 Å². The van der Waals surface area contributed by atoms with E-state index in [-0.39, 0.29) is 0 Å². The van der Waals surface area contributed by atoms with Gasteiger partial charge < -0.3 is 4.74 Å². The quantitative estimate of drug-likeness (QED) is 0.582. The number of hydrogen-bond acceptors (Lipinski definition) is 2. The van der Waals surface area contributed by atoms with E-state index in [0.717, 1.165) is 12.4 Å². The average molecular weight is 304 g/mol. The Kier molecular flexibility index (Phi) is 5.29. The Labute approximate surface area is 134 Å². The summed E-state index contributed by atoms with van der Waals surface area (Å²) < 4.78 is 6.45. The van der Waals surface area contributed by atoms with Gasteiger partial charge >= 0.3 is 0 Å². The second-order valence-electron chi connectivity index (χ2n) is 6.96. The van der Waals surface area contributed by atoms with Gasteiger partial charge in [-0.15, -0.1) is 0 Å². The molecule has 0 aromatic heterocycles. The smallest absolute Gasteiger partial charge is 0.0828 e. The molecule has 0 spiro atoms. The highest BCUT2D eigenvalue weighted by molar-refractivity contribution is 7.80. The van der Waals surface area contributed by atoms with Gasteiger partial charge in [0.25, 0.3) is 0 Å². The maximum atomic E-state index is 6.45. The molecule has 2 aliphatic carbocycles. The highest BCUT2D eigenvalue weighted by Crippen LogP contribution is 2.39. The van der Waals surface area contributed by atoms with E-state index < -0.39 is 0 Å². The van der Waals surface area contributed by atoms with Gasteiger partial charge in [0.05, 0.1) is 12.7 Å². The molecule has 1 atom stereocenters. The number of aryl methyl sites for hydroxylation is 1. The zero-order valence-electron chi connectivity index (χ0n) is 13.0. The topological polar surface area (TPSA) is 9.23 Å². The number of hydrogen-bond donors (Lipinski definition) is 1. The minimum atomic E-state index is 0.315. The Morgan fingerprint density at radius 2 is 1.81 bits per heavy atom. The lowest BCUT2D eigenvalue weighted by Gasteiger charge is -2.34. The molecule has 1 aromatic carbocycles.